The summed E-state index contributed by atoms with van der Waals surface area (Å²) in [7, 11) is 0. The second kappa shape index (κ2) is 8.10. The lowest BCUT2D eigenvalue weighted by atomic mass is 9.76. The molecule has 2 heteroatoms. The van der Waals surface area contributed by atoms with Gasteiger partial charge in [0.05, 0.1) is 6.10 Å². The van der Waals surface area contributed by atoms with Crippen LogP contribution >= 0.6 is 0 Å². The van der Waals surface area contributed by atoms with Gasteiger partial charge in [0.25, 0.3) is 0 Å². The maximum Gasteiger partial charge on any atom is 0.0576 e. The highest BCUT2D eigenvalue weighted by molar-refractivity contribution is 4.78. The summed E-state index contributed by atoms with van der Waals surface area (Å²) in [6, 6.07) is 0. The Morgan fingerprint density at radius 3 is 2.53 bits per heavy atom. The van der Waals surface area contributed by atoms with Crippen molar-refractivity contribution in [3.05, 3.63) is 0 Å². The zero-order valence-corrected chi connectivity index (χ0v) is 11.7. The number of unbranched alkanes of at least 4 members (excludes halogenated alkanes) is 1. The second-order valence-electron chi connectivity index (χ2n) is 5.64. The van der Waals surface area contributed by atoms with E-state index in [0.29, 0.717) is 12.7 Å². The van der Waals surface area contributed by atoms with Gasteiger partial charge in [-0.3, -0.25) is 0 Å². The van der Waals surface area contributed by atoms with Crippen LogP contribution in [0.3, 0.4) is 0 Å². The van der Waals surface area contributed by atoms with E-state index < -0.39 is 0 Å². The van der Waals surface area contributed by atoms with Gasteiger partial charge >= 0.3 is 0 Å². The summed E-state index contributed by atoms with van der Waals surface area (Å²) in [6.07, 6.45) is 11.3. The lowest BCUT2D eigenvalue weighted by Gasteiger charge is -2.31. The Kier molecular flexibility index (Phi) is 7.14. The summed E-state index contributed by atoms with van der Waals surface area (Å²) in [5, 5.41) is 9.66. The standard InChI is InChI=1S/C15H30O2/c1-3-5-10-15(4-2,13-16)11-6-8-14-9-7-12-17-14/h14,16H,3-13H2,1-2H3. The third kappa shape index (κ3) is 4.97. The monoisotopic (exact) mass is 242 g/mol. The molecule has 1 aliphatic rings. The van der Waals surface area contributed by atoms with Crippen molar-refractivity contribution in [3.8, 4) is 0 Å². The van der Waals surface area contributed by atoms with Gasteiger partial charge in [-0.05, 0) is 43.9 Å². The first kappa shape index (κ1) is 15.0. The fourth-order valence-electron chi connectivity index (χ4n) is 2.88. The summed E-state index contributed by atoms with van der Waals surface area (Å²) < 4.78 is 5.65. The van der Waals surface area contributed by atoms with Gasteiger partial charge < -0.3 is 9.84 Å². The third-order valence-electron chi connectivity index (χ3n) is 4.40. The molecule has 102 valence electrons. The number of hydrogen-bond donors (Lipinski definition) is 1. The first-order chi connectivity index (χ1) is 8.26. The van der Waals surface area contributed by atoms with Crippen LogP contribution in [-0.2, 0) is 4.74 Å². The molecule has 0 radical (unpaired) electrons. The summed E-state index contributed by atoms with van der Waals surface area (Å²) in [4.78, 5) is 0. The van der Waals surface area contributed by atoms with E-state index in [1.165, 1.54) is 51.4 Å². The van der Waals surface area contributed by atoms with Crippen molar-refractivity contribution < 1.29 is 9.84 Å². The molecule has 1 heterocycles. The van der Waals surface area contributed by atoms with E-state index in [-0.39, 0.29) is 5.41 Å². The van der Waals surface area contributed by atoms with E-state index in [1.807, 2.05) is 0 Å². The van der Waals surface area contributed by atoms with Gasteiger partial charge in [0.15, 0.2) is 0 Å². The predicted octanol–water partition coefficient (Wildman–Crippen LogP) is 3.91. The maximum absolute atomic E-state index is 9.66. The highest BCUT2D eigenvalue weighted by Crippen LogP contribution is 2.34. The molecule has 2 unspecified atom stereocenters. The Morgan fingerprint density at radius 2 is 2.00 bits per heavy atom. The average molecular weight is 242 g/mol. The molecule has 0 amide bonds. The van der Waals surface area contributed by atoms with Gasteiger partial charge in [-0.1, -0.05) is 33.1 Å². The van der Waals surface area contributed by atoms with Gasteiger partial charge in [-0.15, -0.1) is 0 Å². The van der Waals surface area contributed by atoms with E-state index in [4.69, 9.17) is 4.74 Å². The minimum atomic E-state index is 0.189. The molecule has 0 bridgehead atoms. The minimum absolute atomic E-state index is 0.189. The minimum Gasteiger partial charge on any atom is -0.396 e. The van der Waals surface area contributed by atoms with Crippen LogP contribution in [0, 0.1) is 5.41 Å². The summed E-state index contributed by atoms with van der Waals surface area (Å²) >= 11 is 0. The average Bonchev–Trinajstić information content (AvgIpc) is 2.87. The highest BCUT2D eigenvalue weighted by atomic mass is 16.5. The van der Waals surface area contributed by atoms with Crippen molar-refractivity contribution in [2.75, 3.05) is 13.2 Å². The van der Waals surface area contributed by atoms with Gasteiger partial charge in [-0.25, -0.2) is 0 Å². The van der Waals surface area contributed by atoms with Crippen LogP contribution in [0.15, 0.2) is 0 Å². The number of aliphatic hydroxyl groups excluding tert-OH is 1. The van der Waals surface area contributed by atoms with Gasteiger partial charge in [-0.2, -0.15) is 0 Å². The quantitative estimate of drug-likeness (QED) is 0.664. The zero-order chi connectivity index (χ0) is 12.6. The highest BCUT2D eigenvalue weighted by Gasteiger charge is 2.27. The van der Waals surface area contributed by atoms with Crippen LogP contribution in [0.25, 0.3) is 0 Å². The van der Waals surface area contributed by atoms with Crippen molar-refractivity contribution in [1.82, 2.24) is 0 Å². The van der Waals surface area contributed by atoms with Crippen LogP contribution in [-0.4, -0.2) is 24.4 Å². The van der Waals surface area contributed by atoms with Crippen molar-refractivity contribution in [3.63, 3.8) is 0 Å². The molecule has 1 rings (SSSR count). The molecule has 0 aromatic heterocycles. The van der Waals surface area contributed by atoms with Crippen LogP contribution in [0.2, 0.25) is 0 Å². The van der Waals surface area contributed by atoms with Crippen molar-refractivity contribution in [2.24, 2.45) is 5.41 Å². The topological polar surface area (TPSA) is 29.5 Å². The summed E-state index contributed by atoms with van der Waals surface area (Å²) in [5.74, 6) is 0. The predicted molar refractivity (Wildman–Crippen MR) is 72.2 cm³/mol. The van der Waals surface area contributed by atoms with E-state index >= 15 is 0 Å². The van der Waals surface area contributed by atoms with Gasteiger partial charge in [0.1, 0.15) is 0 Å². The smallest absolute Gasteiger partial charge is 0.0576 e. The molecule has 0 aromatic carbocycles. The molecular weight excluding hydrogens is 212 g/mol. The van der Waals surface area contributed by atoms with Gasteiger partial charge in [0.2, 0.25) is 0 Å². The molecule has 2 nitrogen and oxygen atoms in total. The van der Waals surface area contributed by atoms with Crippen molar-refractivity contribution >= 4 is 0 Å². The Balaban J connectivity index is 2.26. The molecular formula is C15H30O2. The molecule has 1 fully saturated rings. The molecule has 0 spiro atoms. The molecule has 1 aliphatic heterocycles. The molecule has 2 atom stereocenters. The number of aliphatic hydroxyl groups is 1. The first-order valence-electron chi connectivity index (χ1n) is 7.49. The Labute approximate surface area is 107 Å². The normalized spacial score (nSPS) is 23.8. The van der Waals surface area contributed by atoms with Crippen LogP contribution in [0.1, 0.15) is 71.6 Å². The van der Waals surface area contributed by atoms with Crippen LogP contribution in [0.4, 0.5) is 0 Å². The summed E-state index contributed by atoms with van der Waals surface area (Å²) in [6.45, 7) is 5.76. The molecule has 0 saturated carbocycles. The van der Waals surface area contributed by atoms with E-state index in [9.17, 15) is 5.11 Å². The lowest BCUT2D eigenvalue weighted by molar-refractivity contribution is 0.0748. The van der Waals surface area contributed by atoms with Gasteiger partial charge in [0, 0.05) is 13.2 Å². The Hall–Kier alpha value is -0.0800. The maximum atomic E-state index is 9.66. The van der Waals surface area contributed by atoms with Crippen molar-refractivity contribution in [2.45, 2.75) is 77.7 Å². The Morgan fingerprint density at radius 1 is 1.24 bits per heavy atom. The van der Waals surface area contributed by atoms with Crippen molar-refractivity contribution in [1.29, 1.82) is 0 Å². The zero-order valence-electron chi connectivity index (χ0n) is 11.7. The molecule has 0 aliphatic carbocycles. The fraction of sp³-hybridized carbons (Fsp3) is 1.00. The first-order valence-corrected chi connectivity index (χ1v) is 7.49. The molecule has 1 N–H and O–H groups in total. The van der Waals surface area contributed by atoms with Crippen LogP contribution in [0.5, 0.6) is 0 Å². The SMILES string of the molecule is CCCCC(CC)(CO)CCCC1CCCO1. The molecule has 17 heavy (non-hydrogen) atoms. The van der Waals surface area contributed by atoms with E-state index in [1.54, 1.807) is 0 Å². The third-order valence-corrected chi connectivity index (χ3v) is 4.40. The Bertz CT molecular complexity index is 181. The molecule has 0 aromatic rings. The second-order valence-corrected chi connectivity index (χ2v) is 5.64. The number of hydrogen-bond acceptors (Lipinski definition) is 2. The van der Waals surface area contributed by atoms with E-state index in [0.717, 1.165) is 13.0 Å². The largest absolute Gasteiger partial charge is 0.396 e. The number of ether oxygens (including phenoxy) is 1. The lowest BCUT2D eigenvalue weighted by Crippen LogP contribution is -2.25. The fourth-order valence-corrected chi connectivity index (χ4v) is 2.88. The number of rotatable bonds is 9. The summed E-state index contributed by atoms with van der Waals surface area (Å²) in [5.41, 5.74) is 0.189. The van der Waals surface area contributed by atoms with Crippen LogP contribution < -0.4 is 0 Å². The molecule has 1 saturated heterocycles. The van der Waals surface area contributed by atoms with E-state index in [2.05, 4.69) is 13.8 Å².